The Morgan fingerprint density at radius 3 is 2.89 bits per heavy atom. The molecule has 9 heteroatoms. The van der Waals surface area contributed by atoms with Crippen molar-refractivity contribution in [2.45, 2.75) is 24.5 Å². The quantitative estimate of drug-likeness (QED) is 0.492. The summed E-state index contributed by atoms with van der Waals surface area (Å²) in [6.45, 7) is -1.73. The lowest BCUT2D eigenvalue weighted by atomic mass is 10.1. The Balaban J connectivity index is 2.09. The number of ether oxygens (including phenoxy) is 1. The van der Waals surface area contributed by atoms with E-state index in [-0.39, 0.29) is 23.3 Å². The van der Waals surface area contributed by atoms with E-state index >= 15 is 0 Å². The molecule has 0 radical (unpaired) electrons. The first-order valence-corrected chi connectivity index (χ1v) is 5.48. The van der Waals surface area contributed by atoms with Crippen molar-refractivity contribution in [3.63, 3.8) is 0 Å². The smallest absolute Gasteiger partial charge is 0.167 e. The van der Waals surface area contributed by atoms with Gasteiger partial charge in [-0.25, -0.2) is 15.0 Å². The van der Waals surface area contributed by atoms with Gasteiger partial charge in [0.25, 0.3) is 0 Å². The summed E-state index contributed by atoms with van der Waals surface area (Å²) in [5.41, 5.74) is 5.97. The van der Waals surface area contributed by atoms with Crippen molar-refractivity contribution in [1.82, 2.24) is 19.5 Å². The summed E-state index contributed by atoms with van der Waals surface area (Å²) < 4.78 is 21.5. The first kappa shape index (κ1) is 10.0. The van der Waals surface area contributed by atoms with Gasteiger partial charge in [-0.1, -0.05) is 0 Å². The van der Waals surface area contributed by atoms with E-state index in [0.29, 0.717) is 0 Å². The highest BCUT2D eigenvalue weighted by Gasteiger charge is 2.43. The molecule has 0 spiro atoms. The van der Waals surface area contributed by atoms with Crippen molar-refractivity contribution in [3.05, 3.63) is 12.6 Å². The summed E-state index contributed by atoms with van der Waals surface area (Å²) in [7, 11) is 0. The van der Waals surface area contributed by atoms with Crippen LogP contribution < -0.4 is 5.73 Å². The van der Waals surface area contributed by atoms with E-state index in [4.69, 9.17) is 13.2 Å². The molecule has 5 atom stereocenters. The Bertz CT molecular complexity index is 681. The van der Waals surface area contributed by atoms with Gasteiger partial charge < -0.3 is 25.8 Å². The molecule has 1 fully saturated rings. The van der Waals surface area contributed by atoms with E-state index in [1.165, 1.54) is 6.33 Å². The van der Waals surface area contributed by atoms with Crippen LogP contribution in [-0.2, 0) is 4.74 Å². The van der Waals surface area contributed by atoms with Crippen molar-refractivity contribution < 1.29 is 22.8 Å². The van der Waals surface area contributed by atoms with Crippen LogP contribution in [0.5, 0.6) is 0 Å². The molecular weight excluding hydrogens is 254 g/mol. The fourth-order valence-electron chi connectivity index (χ4n) is 2.02. The highest BCUT2D eigenvalue weighted by atomic mass is 16.6. The lowest BCUT2D eigenvalue weighted by Gasteiger charge is -2.16. The number of hydrogen-bond donors (Lipinski definition) is 4. The first-order valence-electron chi connectivity index (χ1n) is 6.56. The molecule has 3 heterocycles. The molecular formula is C10H13N5O4. The average molecular weight is 271 g/mol. The molecule has 5 N–H and O–H groups in total. The van der Waals surface area contributed by atoms with Gasteiger partial charge in [0.1, 0.15) is 31.5 Å². The number of rotatable bonds is 2. The Morgan fingerprint density at radius 2 is 2.21 bits per heavy atom. The third-order valence-corrected chi connectivity index (χ3v) is 3.01. The second kappa shape index (κ2) is 4.38. The second-order valence-electron chi connectivity index (χ2n) is 4.13. The van der Waals surface area contributed by atoms with Crippen molar-refractivity contribution in [2.75, 3.05) is 12.3 Å². The van der Waals surface area contributed by atoms with Crippen LogP contribution >= 0.6 is 0 Å². The number of aliphatic hydroxyl groups excluding tert-OH is 3. The highest BCUT2D eigenvalue weighted by Crippen LogP contribution is 2.31. The minimum atomic E-state index is -1.73. The Hall–Kier alpha value is -1.81. The molecule has 0 aliphatic carbocycles. The lowest BCUT2D eigenvalue weighted by molar-refractivity contribution is -0.0511. The predicted octanol–water partition coefficient (Wildman–Crippen LogP) is -1.98. The largest absolute Gasteiger partial charge is 0.394 e. The topological polar surface area (TPSA) is 140 Å². The maximum Gasteiger partial charge on any atom is 0.167 e. The summed E-state index contributed by atoms with van der Waals surface area (Å²) >= 11 is 0. The minimum absolute atomic E-state index is 0.0670. The third kappa shape index (κ3) is 1.75. The minimum Gasteiger partial charge on any atom is -0.394 e. The Kier molecular flexibility index (Phi) is 2.32. The monoisotopic (exact) mass is 271 g/mol. The van der Waals surface area contributed by atoms with Gasteiger partial charge in [-0.3, -0.25) is 4.57 Å². The van der Waals surface area contributed by atoms with Crippen LogP contribution in [-0.4, -0.2) is 59.7 Å². The summed E-state index contributed by atoms with van der Waals surface area (Å²) in [6.07, 6.45) is -4.57. The molecule has 1 unspecified atom stereocenters. The van der Waals surface area contributed by atoms with Crippen molar-refractivity contribution >= 4 is 17.0 Å². The van der Waals surface area contributed by atoms with Gasteiger partial charge in [-0.15, -0.1) is 0 Å². The number of nitrogens with two attached hydrogens (primary N) is 1. The molecule has 1 aliphatic rings. The van der Waals surface area contributed by atoms with E-state index in [9.17, 15) is 15.3 Å². The van der Waals surface area contributed by atoms with E-state index in [2.05, 4.69) is 15.0 Å². The molecule has 0 aromatic carbocycles. The number of nitrogen functional groups attached to an aromatic ring is 1. The van der Waals surface area contributed by atoms with Crippen molar-refractivity contribution in [1.29, 1.82) is 0 Å². The molecule has 19 heavy (non-hydrogen) atoms. The zero-order chi connectivity index (χ0) is 15.3. The zero-order valence-corrected chi connectivity index (χ0v) is 9.58. The molecule has 0 saturated carbocycles. The fourth-order valence-corrected chi connectivity index (χ4v) is 2.02. The maximum absolute atomic E-state index is 10.0. The molecule has 102 valence electrons. The fraction of sp³-hybridized carbons (Fsp3) is 0.500. The Labute approximate surface area is 110 Å². The number of nitrogens with zero attached hydrogens (tertiary/aromatic N) is 4. The van der Waals surface area contributed by atoms with E-state index < -0.39 is 31.1 Å². The van der Waals surface area contributed by atoms with Gasteiger partial charge in [-0.05, 0) is 0 Å². The van der Waals surface area contributed by atoms with Gasteiger partial charge in [0, 0.05) is 0 Å². The van der Waals surface area contributed by atoms with Crippen LogP contribution in [0.2, 0.25) is 0 Å². The van der Waals surface area contributed by atoms with Gasteiger partial charge in [-0.2, -0.15) is 0 Å². The molecule has 0 amide bonds. The molecule has 2 aromatic rings. The SMILES string of the molecule is [3H]c1nc2c(N)ncnc2n1[C@@H]1O[C@H](C([3H])O)[C@@H](O)[C@H]1O. The van der Waals surface area contributed by atoms with Crippen LogP contribution in [0.4, 0.5) is 5.82 Å². The number of fused-ring (bicyclic) bond motifs is 1. The molecule has 0 bridgehead atoms. The summed E-state index contributed by atoms with van der Waals surface area (Å²) in [4.78, 5) is 11.6. The summed E-state index contributed by atoms with van der Waals surface area (Å²) in [5.74, 6) is 0.0670. The van der Waals surface area contributed by atoms with Crippen LogP contribution in [0.15, 0.2) is 12.6 Å². The second-order valence-corrected chi connectivity index (χ2v) is 4.13. The standard InChI is InChI=1S/C10H13N5O4/c11-8-5-9(13-2-12-8)15(3-14-5)10-7(18)6(17)4(1-16)19-10/h2-4,6-7,10,16-18H,1H2,(H2,11,12,13)/t4-,6-,7-,10-/m1/s1/i1T,3T/t1?,4-,6-,7-,10-. The normalized spacial score (nSPS) is 34.3. The number of anilines is 1. The van der Waals surface area contributed by atoms with E-state index in [1.54, 1.807) is 0 Å². The predicted molar refractivity (Wildman–Crippen MR) is 62.7 cm³/mol. The molecule has 1 aliphatic heterocycles. The molecule has 2 aromatic heterocycles. The highest BCUT2D eigenvalue weighted by molar-refractivity contribution is 5.81. The van der Waals surface area contributed by atoms with Crippen LogP contribution in [0.1, 0.15) is 8.97 Å². The van der Waals surface area contributed by atoms with Gasteiger partial charge >= 0.3 is 0 Å². The molecule has 9 nitrogen and oxygen atoms in total. The zero-order valence-electron chi connectivity index (χ0n) is 11.6. The number of imidazole rings is 1. The van der Waals surface area contributed by atoms with Gasteiger partial charge in [0.05, 0.1) is 14.3 Å². The van der Waals surface area contributed by atoms with E-state index in [0.717, 1.165) is 4.57 Å². The van der Waals surface area contributed by atoms with Crippen LogP contribution in [0.25, 0.3) is 11.2 Å². The molecule has 1 saturated heterocycles. The maximum atomic E-state index is 10.0. The number of aliphatic hydroxyl groups is 3. The number of aromatic nitrogens is 4. The average Bonchev–Trinajstić information content (AvgIpc) is 2.90. The van der Waals surface area contributed by atoms with E-state index in [1.807, 2.05) is 0 Å². The summed E-state index contributed by atoms with van der Waals surface area (Å²) in [5, 5.41) is 29.1. The van der Waals surface area contributed by atoms with Crippen LogP contribution in [0, 0.1) is 0 Å². The summed E-state index contributed by atoms with van der Waals surface area (Å²) in [6, 6.07) is 0. The van der Waals surface area contributed by atoms with Gasteiger partial charge in [0.15, 0.2) is 17.7 Å². The van der Waals surface area contributed by atoms with Crippen LogP contribution in [0.3, 0.4) is 0 Å². The van der Waals surface area contributed by atoms with Crippen molar-refractivity contribution in [3.8, 4) is 0 Å². The molecule has 3 rings (SSSR count). The van der Waals surface area contributed by atoms with Gasteiger partial charge in [0.2, 0.25) is 0 Å². The first-order chi connectivity index (χ1) is 9.91. The van der Waals surface area contributed by atoms with Crippen molar-refractivity contribution in [2.24, 2.45) is 0 Å². The Morgan fingerprint density at radius 1 is 1.42 bits per heavy atom. The lowest BCUT2D eigenvalue weighted by Crippen LogP contribution is -2.33. The third-order valence-electron chi connectivity index (χ3n) is 3.01. The number of hydrogen-bond acceptors (Lipinski definition) is 8.